The zero-order chi connectivity index (χ0) is 13.9. The average molecular weight is 289 g/mol. The lowest BCUT2D eigenvalue weighted by Crippen LogP contribution is -2.34. The minimum atomic E-state index is -4.27. The van der Waals surface area contributed by atoms with Crippen LogP contribution in [0, 0.1) is 0 Å². The van der Waals surface area contributed by atoms with Crippen LogP contribution in [0.3, 0.4) is 0 Å². The van der Waals surface area contributed by atoms with E-state index in [2.05, 4.69) is 11.6 Å². The summed E-state index contributed by atoms with van der Waals surface area (Å²) in [5, 5.41) is 3.82. The van der Waals surface area contributed by atoms with Gasteiger partial charge in [0, 0.05) is 17.8 Å². The van der Waals surface area contributed by atoms with Crippen molar-refractivity contribution in [3.05, 3.63) is 35.4 Å². The fraction of sp³-hybridized carbons (Fsp3) is 0.571. The van der Waals surface area contributed by atoms with Crippen LogP contribution in [0.4, 0.5) is 13.2 Å². The molecule has 2 unspecified atom stereocenters. The van der Waals surface area contributed by atoms with Gasteiger partial charge < -0.3 is 5.32 Å². The van der Waals surface area contributed by atoms with Crippen molar-refractivity contribution in [1.82, 2.24) is 5.32 Å². The van der Waals surface area contributed by atoms with Crippen molar-refractivity contribution in [1.29, 1.82) is 0 Å². The second-order valence-corrected chi connectivity index (χ2v) is 5.92. The van der Waals surface area contributed by atoms with Crippen LogP contribution < -0.4 is 5.32 Å². The van der Waals surface area contributed by atoms with Crippen molar-refractivity contribution < 1.29 is 13.2 Å². The molecule has 0 spiro atoms. The van der Waals surface area contributed by atoms with E-state index in [1.165, 1.54) is 6.07 Å². The molecule has 1 aromatic rings. The van der Waals surface area contributed by atoms with Crippen LogP contribution in [0.25, 0.3) is 0 Å². The molecule has 5 heteroatoms. The molecule has 0 bridgehead atoms. The van der Waals surface area contributed by atoms with Crippen LogP contribution in [0.2, 0.25) is 0 Å². The number of rotatable bonds is 4. The quantitative estimate of drug-likeness (QED) is 0.896. The Balaban J connectivity index is 2.04. The molecular weight excluding hydrogens is 271 g/mol. The molecule has 1 saturated carbocycles. The fourth-order valence-corrected chi connectivity index (χ4v) is 3.60. The van der Waals surface area contributed by atoms with Gasteiger partial charge in [0.25, 0.3) is 0 Å². The van der Waals surface area contributed by atoms with Crippen LogP contribution in [0.15, 0.2) is 24.3 Å². The van der Waals surface area contributed by atoms with Crippen LogP contribution >= 0.6 is 11.8 Å². The van der Waals surface area contributed by atoms with Crippen molar-refractivity contribution in [2.75, 3.05) is 6.26 Å². The lowest BCUT2D eigenvalue weighted by atomic mass is 10.1. The lowest BCUT2D eigenvalue weighted by molar-refractivity contribution is -0.138. The molecular formula is C14H18F3NS. The van der Waals surface area contributed by atoms with Crippen LogP contribution in [-0.4, -0.2) is 17.5 Å². The molecule has 0 saturated heterocycles. The second kappa shape index (κ2) is 6.18. The summed E-state index contributed by atoms with van der Waals surface area (Å²) in [6, 6.07) is 6.13. The van der Waals surface area contributed by atoms with E-state index in [0.717, 1.165) is 25.3 Å². The molecule has 0 heterocycles. The maximum Gasteiger partial charge on any atom is 0.416 e. The molecule has 19 heavy (non-hydrogen) atoms. The molecule has 1 aromatic carbocycles. The zero-order valence-electron chi connectivity index (χ0n) is 10.8. The predicted molar refractivity (Wildman–Crippen MR) is 73.2 cm³/mol. The Morgan fingerprint density at radius 1 is 1.26 bits per heavy atom. The lowest BCUT2D eigenvalue weighted by Gasteiger charge is -2.20. The summed E-state index contributed by atoms with van der Waals surface area (Å²) in [5.74, 6) is 0. The third-order valence-electron chi connectivity index (χ3n) is 3.63. The SMILES string of the molecule is CSC1CCCC1NCc1ccccc1C(F)(F)F. The van der Waals surface area contributed by atoms with Gasteiger partial charge in [0.1, 0.15) is 0 Å². The smallest absolute Gasteiger partial charge is 0.309 e. The Morgan fingerprint density at radius 3 is 2.68 bits per heavy atom. The number of nitrogens with one attached hydrogen (secondary N) is 1. The van der Waals surface area contributed by atoms with Gasteiger partial charge in [-0.3, -0.25) is 0 Å². The number of hydrogen-bond acceptors (Lipinski definition) is 2. The highest BCUT2D eigenvalue weighted by Crippen LogP contribution is 2.33. The summed E-state index contributed by atoms with van der Waals surface area (Å²) in [6.45, 7) is 0.289. The molecule has 0 aromatic heterocycles. The zero-order valence-corrected chi connectivity index (χ0v) is 11.7. The monoisotopic (exact) mass is 289 g/mol. The Kier molecular flexibility index (Phi) is 4.79. The molecule has 1 fully saturated rings. The van der Waals surface area contributed by atoms with E-state index in [9.17, 15) is 13.2 Å². The van der Waals surface area contributed by atoms with E-state index in [4.69, 9.17) is 0 Å². The van der Waals surface area contributed by atoms with Crippen molar-refractivity contribution in [3.8, 4) is 0 Å². The number of halogens is 3. The summed E-state index contributed by atoms with van der Waals surface area (Å²) in [4.78, 5) is 0. The Labute approximate surface area is 116 Å². The van der Waals surface area contributed by atoms with Gasteiger partial charge in [-0.1, -0.05) is 24.6 Å². The number of alkyl halides is 3. The van der Waals surface area contributed by atoms with Gasteiger partial charge in [0.05, 0.1) is 5.56 Å². The summed E-state index contributed by atoms with van der Waals surface area (Å²) in [6.07, 6.45) is 1.16. The van der Waals surface area contributed by atoms with E-state index >= 15 is 0 Å². The Bertz CT molecular complexity index is 419. The standard InChI is InChI=1S/C14H18F3NS/c1-19-13-8-4-7-12(13)18-9-10-5-2-3-6-11(10)14(15,16)17/h2-3,5-6,12-13,18H,4,7-9H2,1H3. The summed E-state index contributed by atoms with van der Waals surface area (Å²) < 4.78 is 38.6. The summed E-state index contributed by atoms with van der Waals surface area (Å²) >= 11 is 1.80. The van der Waals surface area contributed by atoms with Gasteiger partial charge in [0.2, 0.25) is 0 Å². The summed E-state index contributed by atoms with van der Waals surface area (Å²) in [5.41, 5.74) is -0.192. The first-order chi connectivity index (χ1) is 9.02. The van der Waals surface area contributed by atoms with Crippen molar-refractivity contribution in [3.63, 3.8) is 0 Å². The Morgan fingerprint density at radius 2 is 2.00 bits per heavy atom. The highest BCUT2D eigenvalue weighted by molar-refractivity contribution is 7.99. The number of benzene rings is 1. The minimum Gasteiger partial charge on any atom is -0.309 e. The number of hydrogen-bond donors (Lipinski definition) is 1. The average Bonchev–Trinajstić information content (AvgIpc) is 2.83. The van der Waals surface area contributed by atoms with Gasteiger partial charge in [-0.05, 0) is 30.7 Å². The largest absolute Gasteiger partial charge is 0.416 e. The molecule has 1 N–H and O–H groups in total. The minimum absolute atomic E-state index is 0.289. The fourth-order valence-electron chi connectivity index (χ4n) is 2.63. The van der Waals surface area contributed by atoms with Crippen molar-refractivity contribution in [2.45, 2.75) is 43.3 Å². The van der Waals surface area contributed by atoms with E-state index in [1.54, 1.807) is 23.9 Å². The molecule has 1 aliphatic carbocycles. The number of thioether (sulfide) groups is 1. The molecule has 0 radical (unpaired) electrons. The van der Waals surface area contributed by atoms with Crippen molar-refractivity contribution in [2.24, 2.45) is 0 Å². The van der Waals surface area contributed by atoms with Crippen molar-refractivity contribution >= 4 is 11.8 Å². The van der Waals surface area contributed by atoms with Gasteiger partial charge in [-0.15, -0.1) is 0 Å². The first kappa shape index (κ1) is 14.7. The molecule has 0 aliphatic heterocycles. The second-order valence-electron chi connectivity index (χ2n) is 4.85. The highest BCUT2D eigenvalue weighted by Gasteiger charge is 2.33. The van der Waals surface area contributed by atoms with E-state index in [-0.39, 0.29) is 6.54 Å². The maximum absolute atomic E-state index is 12.9. The molecule has 1 aliphatic rings. The maximum atomic E-state index is 12.9. The van der Waals surface area contributed by atoms with Gasteiger partial charge in [-0.25, -0.2) is 0 Å². The molecule has 2 rings (SSSR count). The normalized spacial score (nSPS) is 23.8. The third kappa shape index (κ3) is 3.66. The van der Waals surface area contributed by atoms with Crippen LogP contribution in [0.5, 0.6) is 0 Å². The van der Waals surface area contributed by atoms with E-state index < -0.39 is 11.7 Å². The first-order valence-corrected chi connectivity index (χ1v) is 7.72. The molecule has 1 nitrogen and oxygen atoms in total. The van der Waals surface area contributed by atoms with Gasteiger partial charge in [0.15, 0.2) is 0 Å². The molecule has 2 atom stereocenters. The van der Waals surface area contributed by atoms with E-state index in [0.29, 0.717) is 16.9 Å². The Hall–Kier alpha value is -0.680. The first-order valence-electron chi connectivity index (χ1n) is 6.43. The topological polar surface area (TPSA) is 12.0 Å². The van der Waals surface area contributed by atoms with Gasteiger partial charge in [-0.2, -0.15) is 24.9 Å². The van der Waals surface area contributed by atoms with Crippen LogP contribution in [0.1, 0.15) is 30.4 Å². The third-order valence-corrected chi connectivity index (χ3v) is 4.80. The molecule has 106 valence electrons. The molecule has 0 amide bonds. The summed E-state index contributed by atoms with van der Waals surface area (Å²) in [7, 11) is 0. The predicted octanol–water partition coefficient (Wildman–Crippen LogP) is 4.08. The van der Waals surface area contributed by atoms with E-state index in [1.807, 2.05) is 0 Å². The van der Waals surface area contributed by atoms with Crippen LogP contribution in [-0.2, 0) is 12.7 Å². The highest BCUT2D eigenvalue weighted by atomic mass is 32.2. The van der Waals surface area contributed by atoms with Gasteiger partial charge >= 0.3 is 6.18 Å².